The summed E-state index contributed by atoms with van der Waals surface area (Å²) in [7, 11) is 0. The predicted molar refractivity (Wildman–Crippen MR) is 217 cm³/mol. The van der Waals surface area contributed by atoms with E-state index in [2.05, 4.69) is 193 Å². The van der Waals surface area contributed by atoms with Crippen LogP contribution in [0.3, 0.4) is 0 Å². The van der Waals surface area contributed by atoms with Gasteiger partial charge < -0.3 is 4.90 Å². The lowest BCUT2D eigenvalue weighted by molar-refractivity contribution is 1.29. The lowest BCUT2D eigenvalue weighted by Gasteiger charge is -2.27. The van der Waals surface area contributed by atoms with Gasteiger partial charge in [-0.05, 0) is 97.0 Å². The lowest BCUT2D eigenvalue weighted by Crippen LogP contribution is -2.10. The van der Waals surface area contributed by atoms with Crippen molar-refractivity contribution in [2.24, 2.45) is 0 Å². The molecule has 1 heterocycles. The van der Waals surface area contributed by atoms with Crippen LogP contribution in [0.4, 0.5) is 17.1 Å². The van der Waals surface area contributed by atoms with E-state index in [1.165, 1.54) is 74.7 Å². The van der Waals surface area contributed by atoms with Crippen molar-refractivity contribution in [1.82, 2.24) is 0 Å². The fourth-order valence-corrected chi connectivity index (χ4v) is 8.85. The van der Waals surface area contributed by atoms with Gasteiger partial charge in [0.15, 0.2) is 0 Å². The molecule has 234 valence electrons. The summed E-state index contributed by atoms with van der Waals surface area (Å²) >= 11 is 1.88. The smallest absolute Gasteiger partial charge is 0.0468 e. The topological polar surface area (TPSA) is 3.24 Å². The molecule has 0 fully saturated rings. The second-order valence-corrected chi connectivity index (χ2v) is 14.0. The maximum Gasteiger partial charge on any atom is 0.0468 e. The lowest BCUT2D eigenvalue weighted by atomic mass is 9.96. The zero-order valence-corrected chi connectivity index (χ0v) is 28.1. The summed E-state index contributed by atoms with van der Waals surface area (Å²) < 4.78 is 2.66. The van der Waals surface area contributed by atoms with E-state index < -0.39 is 0 Å². The zero-order valence-electron chi connectivity index (χ0n) is 27.3. The highest BCUT2D eigenvalue weighted by Gasteiger charge is 2.17. The first kappa shape index (κ1) is 28.8. The molecule has 1 nitrogen and oxygen atoms in total. The van der Waals surface area contributed by atoms with E-state index in [4.69, 9.17) is 0 Å². The maximum absolute atomic E-state index is 2.40. The van der Waals surface area contributed by atoms with Crippen molar-refractivity contribution in [2.45, 2.75) is 0 Å². The summed E-state index contributed by atoms with van der Waals surface area (Å²) in [4.78, 5) is 2.40. The minimum absolute atomic E-state index is 1.12. The molecule has 10 rings (SSSR count). The Hall–Kier alpha value is -6.22. The van der Waals surface area contributed by atoms with Crippen LogP contribution < -0.4 is 4.90 Å². The molecule has 1 aromatic heterocycles. The summed E-state index contributed by atoms with van der Waals surface area (Å²) in [5, 5.41) is 10.2. The maximum atomic E-state index is 2.40. The molecule has 10 aromatic rings. The Morgan fingerprint density at radius 2 is 0.940 bits per heavy atom. The molecule has 0 bridgehead atoms. The minimum atomic E-state index is 1.12. The molecule has 0 aliphatic carbocycles. The second-order valence-electron chi connectivity index (χ2n) is 12.9. The minimum Gasteiger partial charge on any atom is -0.310 e. The molecule has 0 aliphatic heterocycles. The average molecular weight is 654 g/mol. The van der Waals surface area contributed by atoms with Crippen LogP contribution in [0.15, 0.2) is 188 Å². The third kappa shape index (κ3) is 4.76. The van der Waals surface area contributed by atoms with Gasteiger partial charge in [-0.1, -0.05) is 146 Å². The monoisotopic (exact) mass is 653 g/mol. The molecule has 0 atom stereocenters. The first-order valence-corrected chi connectivity index (χ1v) is 17.9. The molecule has 0 amide bonds. The molecule has 0 radical (unpaired) electrons. The van der Waals surface area contributed by atoms with Crippen LogP contribution in [0.1, 0.15) is 0 Å². The van der Waals surface area contributed by atoms with E-state index in [9.17, 15) is 0 Å². The van der Waals surface area contributed by atoms with Crippen molar-refractivity contribution in [1.29, 1.82) is 0 Å². The van der Waals surface area contributed by atoms with E-state index in [1.54, 1.807) is 0 Å². The number of thiophene rings is 1. The standard InChI is InChI=1S/C48H31NS/c1-2-10-32(11-3-1)36-13-8-14-38(30-36)49(39-27-22-35-24-28-42-40-15-5-4-12-33(40)23-29-43(42)46(35)31-39)37-25-20-34(21-26-37)41-17-9-18-45-44-16-6-7-19-47(44)50-48(41)45/h1-31H. The Labute approximate surface area is 294 Å². The van der Waals surface area contributed by atoms with Crippen LogP contribution in [0.2, 0.25) is 0 Å². The summed E-state index contributed by atoms with van der Waals surface area (Å²) in [5.74, 6) is 0. The van der Waals surface area contributed by atoms with Crippen molar-refractivity contribution in [3.05, 3.63) is 188 Å². The first-order valence-electron chi connectivity index (χ1n) is 17.1. The summed E-state index contributed by atoms with van der Waals surface area (Å²) in [6.07, 6.45) is 0. The van der Waals surface area contributed by atoms with Gasteiger partial charge in [0.1, 0.15) is 0 Å². The highest BCUT2D eigenvalue weighted by atomic mass is 32.1. The SMILES string of the molecule is c1ccc(-c2cccc(N(c3ccc(-c4cccc5c4sc4ccccc45)cc3)c3ccc4ccc5c6ccccc6ccc5c4c3)c2)cc1. The quantitative estimate of drug-likeness (QED) is 0.167. The van der Waals surface area contributed by atoms with Gasteiger partial charge in [0.25, 0.3) is 0 Å². The number of nitrogens with zero attached hydrogens (tertiary/aromatic N) is 1. The molecule has 0 aliphatic rings. The molecule has 9 aromatic carbocycles. The molecule has 50 heavy (non-hydrogen) atoms. The Bertz CT molecular complexity index is 2870. The molecular weight excluding hydrogens is 623 g/mol. The van der Waals surface area contributed by atoms with Gasteiger partial charge in [-0.3, -0.25) is 0 Å². The van der Waals surface area contributed by atoms with Crippen LogP contribution in [0, 0.1) is 0 Å². The van der Waals surface area contributed by atoms with Crippen molar-refractivity contribution in [2.75, 3.05) is 4.90 Å². The number of fused-ring (bicyclic) bond motifs is 8. The van der Waals surface area contributed by atoms with Crippen LogP contribution >= 0.6 is 11.3 Å². The number of hydrogen-bond acceptors (Lipinski definition) is 2. The molecule has 2 heteroatoms. The molecule has 0 saturated carbocycles. The Kier molecular flexibility index (Phi) is 6.75. The Morgan fingerprint density at radius 3 is 1.80 bits per heavy atom. The van der Waals surface area contributed by atoms with Gasteiger partial charge in [0.05, 0.1) is 0 Å². The van der Waals surface area contributed by atoms with Gasteiger partial charge in [0.2, 0.25) is 0 Å². The number of hydrogen-bond donors (Lipinski definition) is 0. The zero-order chi connectivity index (χ0) is 33.0. The molecule has 0 saturated heterocycles. The molecule has 0 unspecified atom stereocenters. The predicted octanol–water partition coefficient (Wildman–Crippen LogP) is 14.3. The highest BCUT2D eigenvalue weighted by Crippen LogP contribution is 2.43. The van der Waals surface area contributed by atoms with Crippen LogP contribution in [0.25, 0.3) is 74.7 Å². The van der Waals surface area contributed by atoms with Crippen molar-refractivity contribution >= 4 is 80.9 Å². The van der Waals surface area contributed by atoms with Gasteiger partial charge in [0, 0.05) is 37.2 Å². The molecule has 0 spiro atoms. The van der Waals surface area contributed by atoms with Gasteiger partial charge in [-0.15, -0.1) is 11.3 Å². The highest BCUT2D eigenvalue weighted by molar-refractivity contribution is 7.26. The van der Waals surface area contributed by atoms with Crippen LogP contribution in [-0.2, 0) is 0 Å². The van der Waals surface area contributed by atoms with Gasteiger partial charge in [-0.2, -0.15) is 0 Å². The van der Waals surface area contributed by atoms with E-state index in [0.29, 0.717) is 0 Å². The third-order valence-electron chi connectivity index (χ3n) is 10.0. The Morgan fingerprint density at radius 1 is 0.320 bits per heavy atom. The second kappa shape index (κ2) is 11.7. The summed E-state index contributed by atoms with van der Waals surface area (Å²) in [5.41, 5.74) is 8.26. The third-order valence-corrected chi connectivity index (χ3v) is 11.3. The van der Waals surface area contributed by atoms with Crippen molar-refractivity contribution in [3.63, 3.8) is 0 Å². The number of rotatable bonds is 5. The average Bonchev–Trinajstić information content (AvgIpc) is 3.58. The van der Waals surface area contributed by atoms with Gasteiger partial charge >= 0.3 is 0 Å². The van der Waals surface area contributed by atoms with Crippen molar-refractivity contribution in [3.8, 4) is 22.3 Å². The van der Waals surface area contributed by atoms with E-state index in [1.807, 2.05) is 11.3 Å². The fraction of sp³-hybridized carbons (Fsp3) is 0. The Balaban J connectivity index is 1.15. The summed E-state index contributed by atoms with van der Waals surface area (Å²) in [6, 6.07) is 68.7. The molecule has 0 N–H and O–H groups in total. The number of benzene rings is 9. The van der Waals surface area contributed by atoms with E-state index in [-0.39, 0.29) is 0 Å². The van der Waals surface area contributed by atoms with E-state index in [0.717, 1.165) is 17.1 Å². The van der Waals surface area contributed by atoms with Crippen molar-refractivity contribution < 1.29 is 0 Å². The van der Waals surface area contributed by atoms with Gasteiger partial charge in [-0.25, -0.2) is 0 Å². The fourth-order valence-electron chi connectivity index (χ4n) is 7.61. The molecular formula is C48H31NS. The summed E-state index contributed by atoms with van der Waals surface area (Å²) in [6.45, 7) is 0. The first-order chi connectivity index (χ1) is 24.8. The van der Waals surface area contributed by atoms with E-state index >= 15 is 0 Å². The largest absolute Gasteiger partial charge is 0.310 e. The number of anilines is 3. The normalized spacial score (nSPS) is 11.6. The van der Waals surface area contributed by atoms with Crippen LogP contribution in [-0.4, -0.2) is 0 Å². The van der Waals surface area contributed by atoms with Crippen LogP contribution in [0.5, 0.6) is 0 Å².